The molecule has 0 unspecified atom stereocenters. The highest BCUT2D eigenvalue weighted by Gasteiger charge is 2.08. The maximum Gasteiger partial charge on any atom is 0.159 e. The van der Waals surface area contributed by atoms with E-state index < -0.39 is 0 Å². The molecule has 1 aromatic heterocycles. The van der Waals surface area contributed by atoms with Crippen LogP contribution in [0.2, 0.25) is 5.02 Å². The number of carbonyl (C=O) groups excluding carboxylic acids is 1. The van der Waals surface area contributed by atoms with E-state index in [1.807, 2.05) is 13.2 Å². The van der Waals surface area contributed by atoms with Gasteiger partial charge in [-0.1, -0.05) is 11.6 Å². The molecule has 0 aliphatic rings. The van der Waals surface area contributed by atoms with E-state index in [1.54, 1.807) is 29.1 Å². The number of benzene rings is 1. The fourth-order valence-electron chi connectivity index (χ4n) is 1.53. The molecule has 1 heterocycles. The summed E-state index contributed by atoms with van der Waals surface area (Å²) in [5.74, 6) is 0.0295. The number of nitrogens with zero attached hydrogens (tertiary/aromatic N) is 2. The van der Waals surface area contributed by atoms with Crippen molar-refractivity contribution in [3.63, 3.8) is 0 Å². The van der Waals surface area contributed by atoms with Crippen LogP contribution in [0.25, 0.3) is 11.1 Å². The van der Waals surface area contributed by atoms with Gasteiger partial charge in [-0.15, -0.1) is 0 Å². The van der Waals surface area contributed by atoms with Crippen LogP contribution in [0.5, 0.6) is 0 Å². The number of hydrogen-bond acceptors (Lipinski definition) is 2. The average Bonchev–Trinajstić information content (AvgIpc) is 2.65. The van der Waals surface area contributed by atoms with E-state index in [4.69, 9.17) is 11.6 Å². The van der Waals surface area contributed by atoms with Gasteiger partial charge in [0.15, 0.2) is 5.78 Å². The molecule has 0 saturated heterocycles. The summed E-state index contributed by atoms with van der Waals surface area (Å²) in [6.45, 7) is 1.54. The Morgan fingerprint density at radius 2 is 2.19 bits per heavy atom. The first-order chi connectivity index (χ1) is 7.58. The molecule has 16 heavy (non-hydrogen) atoms. The van der Waals surface area contributed by atoms with Gasteiger partial charge in [0.05, 0.1) is 6.20 Å². The van der Waals surface area contributed by atoms with Crippen LogP contribution >= 0.6 is 11.6 Å². The van der Waals surface area contributed by atoms with Gasteiger partial charge in [0.1, 0.15) is 0 Å². The number of halogens is 1. The Balaban J connectivity index is 2.55. The van der Waals surface area contributed by atoms with E-state index in [2.05, 4.69) is 5.10 Å². The van der Waals surface area contributed by atoms with Crippen LogP contribution < -0.4 is 0 Å². The molecule has 0 spiro atoms. The third-order valence-electron chi connectivity index (χ3n) is 2.39. The number of ketones is 1. The van der Waals surface area contributed by atoms with Gasteiger partial charge in [-0.2, -0.15) is 5.10 Å². The summed E-state index contributed by atoms with van der Waals surface area (Å²) in [5.41, 5.74) is 2.40. The third-order valence-corrected chi connectivity index (χ3v) is 2.72. The molecule has 4 heteroatoms. The molecule has 0 saturated carbocycles. The number of carbonyl (C=O) groups is 1. The Hall–Kier alpha value is -1.61. The highest BCUT2D eigenvalue weighted by molar-refractivity contribution is 6.33. The lowest BCUT2D eigenvalue weighted by Gasteiger charge is -2.03. The lowest BCUT2D eigenvalue weighted by Crippen LogP contribution is -1.92. The van der Waals surface area contributed by atoms with Crippen LogP contribution in [-0.2, 0) is 7.05 Å². The zero-order chi connectivity index (χ0) is 11.7. The van der Waals surface area contributed by atoms with Crippen molar-refractivity contribution in [3.8, 4) is 11.1 Å². The van der Waals surface area contributed by atoms with Crippen LogP contribution in [0.3, 0.4) is 0 Å². The number of aryl methyl sites for hydroxylation is 1. The maximum absolute atomic E-state index is 11.3. The van der Waals surface area contributed by atoms with Gasteiger partial charge >= 0.3 is 0 Å². The Morgan fingerprint density at radius 3 is 2.75 bits per heavy atom. The molecule has 0 amide bonds. The number of hydrogen-bond donors (Lipinski definition) is 0. The van der Waals surface area contributed by atoms with Gasteiger partial charge in [-0.25, -0.2) is 0 Å². The first-order valence-electron chi connectivity index (χ1n) is 4.87. The molecule has 0 fully saturated rings. The second-order valence-corrected chi connectivity index (χ2v) is 4.06. The van der Waals surface area contributed by atoms with E-state index in [0.717, 1.165) is 11.1 Å². The summed E-state index contributed by atoms with van der Waals surface area (Å²) in [6, 6.07) is 5.26. The van der Waals surface area contributed by atoms with Crippen molar-refractivity contribution in [2.24, 2.45) is 7.05 Å². The van der Waals surface area contributed by atoms with Gasteiger partial charge in [0.25, 0.3) is 0 Å². The SMILES string of the molecule is CC(=O)c1ccc(Cl)c(-c2cnn(C)c2)c1. The fraction of sp³-hybridized carbons (Fsp3) is 0.167. The molecule has 3 nitrogen and oxygen atoms in total. The minimum atomic E-state index is 0.0295. The van der Waals surface area contributed by atoms with E-state index in [1.165, 1.54) is 6.92 Å². The summed E-state index contributed by atoms with van der Waals surface area (Å²) in [5, 5.41) is 4.70. The minimum Gasteiger partial charge on any atom is -0.295 e. The summed E-state index contributed by atoms with van der Waals surface area (Å²) >= 11 is 6.10. The molecule has 82 valence electrons. The van der Waals surface area contributed by atoms with Crippen molar-refractivity contribution in [2.45, 2.75) is 6.92 Å². The van der Waals surface area contributed by atoms with Crippen molar-refractivity contribution in [1.29, 1.82) is 0 Å². The maximum atomic E-state index is 11.3. The van der Waals surface area contributed by atoms with E-state index in [9.17, 15) is 4.79 Å². The predicted octanol–water partition coefficient (Wildman–Crippen LogP) is 2.94. The van der Waals surface area contributed by atoms with Crippen LogP contribution in [0, 0.1) is 0 Å². The topological polar surface area (TPSA) is 34.9 Å². The lowest BCUT2D eigenvalue weighted by atomic mass is 10.0. The number of aromatic nitrogens is 2. The largest absolute Gasteiger partial charge is 0.295 e. The summed E-state index contributed by atoms with van der Waals surface area (Å²) in [4.78, 5) is 11.3. The Morgan fingerprint density at radius 1 is 1.44 bits per heavy atom. The molecule has 2 rings (SSSR count). The molecular weight excluding hydrogens is 224 g/mol. The van der Waals surface area contributed by atoms with E-state index in [0.29, 0.717) is 10.6 Å². The number of Topliss-reactive ketones (excluding diaryl/α,β-unsaturated/α-hetero) is 1. The van der Waals surface area contributed by atoms with Crippen LogP contribution in [0.15, 0.2) is 30.6 Å². The average molecular weight is 235 g/mol. The van der Waals surface area contributed by atoms with Crippen LogP contribution in [-0.4, -0.2) is 15.6 Å². The summed E-state index contributed by atoms with van der Waals surface area (Å²) in [6.07, 6.45) is 3.59. The van der Waals surface area contributed by atoms with Crippen molar-refractivity contribution >= 4 is 17.4 Å². The molecule has 0 N–H and O–H groups in total. The van der Waals surface area contributed by atoms with Crippen molar-refractivity contribution in [2.75, 3.05) is 0 Å². The fourth-order valence-corrected chi connectivity index (χ4v) is 1.75. The highest BCUT2D eigenvalue weighted by Crippen LogP contribution is 2.28. The second-order valence-electron chi connectivity index (χ2n) is 3.65. The Bertz CT molecular complexity index is 546. The zero-order valence-corrected chi connectivity index (χ0v) is 9.82. The van der Waals surface area contributed by atoms with Gasteiger partial charge < -0.3 is 0 Å². The minimum absolute atomic E-state index is 0.0295. The number of rotatable bonds is 2. The quantitative estimate of drug-likeness (QED) is 0.749. The molecule has 0 aliphatic heterocycles. The first-order valence-corrected chi connectivity index (χ1v) is 5.25. The standard InChI is InChI=1S/C12H11ClN2O/c1-8(16)9-3-4-12(13)11(5-9)10-6-14-15(2)7-10/h3-7H,1-2H3. The molecule has 0 radical (unpaired) electrons. The van der Waals surface area contributed by atoms with Crippen LogP contribution in [0.1, 0.15) is 17.3 Å². The Kier molecular flexibility index (Phi) is 2.79. The van der Waals surface area contributed by atoms with Crippen molar-refractivity contribution in [3.05, 3.63) is 41.2 Å². The van der Waals surface area contributed by atoms with Gasteiger partial charge in [-0.05, 0) is 25.1 Å². The smallest absolute Gasteiger partial charge is 0.159 e. The molecule has 0 aliphatic carbocycles. The van der Waals surface area contributed by atoms with Crippen molar-refractivity contribution in [1.82, 2.24) is 9.78 Å². The zero-order valence-electron chi connectivity index (χ0n) is 9.07. The monoisotopic (exact) mass is 234 g/mol. The summed E-state index contributed by atoms with van der Waals surface area (Å²) < 4.78 is 1.70. The first kappa shape index (κ1) is 10.9. The van der Waals surface area contributed by atoms with Gasteiger partial charge in [-0.3, -0.25) is 9.48 Å². The highest BCUT2D eigenvalue weighted by atomic mass is 35.5. The van der Waals surface area contributed by atoms with Gasteiger partial charge in [0, 0.05) is 35.0 Å². The Labute approximate surface area is 98.7 Å². The second kappa shape index (κ2) is 4.10. The molecule has 2 aromatic rings. The molecule has 0 atom stereocenters. The summed E-state index contributed by atoms with van der Waals surface area (Å²) in [7, 11) is 1.84. The predicted molar refractivity (Wildman–Crippen MR) is 63.7 cm³/mol. The van der Waals surface area contributed by atoms with Crippen LogP contribution in [0.4, 0.5) is 0 Å². The normalized spacial score (nSPS) is 10.4. The van der Waals surface area contributed by atoms with E-state index >= 15 is 0 Å². The van der Waals surface area contributed by atoms with Gasteiger partial charge in [0.2, 0.25) is 0 Å². The molecule has 1 aromatic carbocycles. The third kappa shape index (κ3) is 1.99. The van der Waals surface area contributed by atoms with E-state index in [-0.39, 0.29) is 5.78 Å². The van der Waals surface area contributed by atoms with Crippen molar-refractivity contribution < 1.29 is 4.79 Å². The molecular formula is C12H11ClN2O. The molecule has 0 bridgehead atoms. The lowest BCUT2D eigenvalue weighted by molar-refractivity contribution is 0.101.